The van der Waals surface area contributed by atoms with Crippen molar-refractivity contribution in [1.82, 2.24) is 0 Å². The Kier molecular flexibility index (Phi) is 75.5. The molecule has 0 amide bonds. The van der Waals surface area contributed by atoms with E-state index in [4.69, 9.17) is 0 Å². The average Bonchev–Trinajstić information content (AvgIpc) is 1.81. The SMILES string of the molecule is C.C.C.C.CCCCCCCC. The number of unbranched alkanes of at least 4 members (excludes halogenated alkanes) is 5. The maximum atomic E-state index is 2.26. The molecule has 0 saturated heterocycles. The Morgan fingerprint density at radius 1 is 0.500 bits per heavy atom. The van der Waals surface area contributed by atoms with Crippen LogP contribution in [0, 0.1) is 0 Å². The van der Waals surface area contributed by atoms with Gasteiger partial charge in [-0.25, -0.2) is 0 Å². The summed E-state index contributed by atoms with van der Waals surface area (Å²) < 4.78 is 0. The molecule has 0 nitrogen and oxygen atoms in total. The molecule has 0 spiro atoms. The first-order valence-corrected chi connectivity index (χ1v) is 3.91. The van der Waals surface area contributed by atoms with Gasteiger partial charge in [-0.2, -0.15) is 0 Å². The van der Waals surface area contributed by atoms with Crippen LogP contribution in [0.25, 0.3) is 0 Å². The molecule has 0 aromatic rings. The normalized spacial score (nSPS) is 6.50. The lowest BCUT2D eigenvalue weighted by Gasteiger charge is -1.93. The lowest BCUT2D eigenvalue weighted by molar-refractivity contribution is 0.624. The summed E-state index contributed by atoms with van der Waals surface area (Å²) in [6.07, 6.45) is 8.49. The quantitative estimate of drug-likeness (QED) is 0.459. The molecule has 0 aromatic carbocycles. The van der Waals surface area contributed by atoms with Crippen LogP contribution in [0.4, 0.5) is 0 Å². The van der Waals surface area contributed by atoms with Crippen LogP contribution < -0.4 is 0 Å². The fraction of sp³-hybridized carbons (Fsp3) is 1.00. The summed E-state index contributed by atoms with van der Waals surface area (Å²) in [6, 6.07) is 0. The third-order valence-electron chi connectivity index (χ3n) is 1.46. The van der Waals surface area contributed by atoms with Crippen molar-refractivity contribution in [2.45, 2.75) is 82.1 Å². The smallest absolute Gasteiger partial charge is 0.0533 e. The van der Waals surface area contributed by atoms with E-state index in [1.807, 2.05) is 0 Å². The van der Waals surface area contributed by atoms with Crippen molar-refractivity contribution < 1.29 is 0 Å². The summed E-state index contributed by atoms with van der Waals surface area (Å²) in [4.78, 5) is 0. The summed E-state index contributed by atoms with van der Waals surface area (Å²) in [5.41, 5.74) is 0. The minimum Gasteiger partial charge on any atom is -0.0776 e. The van der Waals surface area contributed by atoms with E-state index in [1.54, 1.807) is 0 Å². The van der Waals surface area contributed by atoms with E-state index in [0.717, 1.165) is 0 Å². The first kappa shape index (κ1) is 29.6. The van der Waals surface area contributed by atoms with Crippen LogP contribution in [0.1, 0.15) is 82.1 Å². The van der Waals surface area contributed by atoms with Crippen molar-refractivity contribution in [2.24, 2.45) is 0 Å². The first-order valence-electron chi connectivity index (χ1n) is 3.91. The van der Waals surface area contributed by atoms with E-state index in [-0.39, 0.29) is 29.7 Å². The largest absolute Gasteiger partial charge is 0.0776 e. The molecular weight excluding hydrogens is 144 g/mol. The summed E-state index contributed by atoms with van der Waals surface area (Å²) in [5, 5.41) is 0. The van der Waals surface area contributed by atoms with E-state index in [9.17, 15) is 0 Å². The van der Waals surface area contributed by atoms with Crippen molar-refractivity contribution in [2.75, 3.05) is 0 Å². The summed E-state index contributed by atoms with van der Waals surface area (Å²) in [6.45, 7) is 4.51. The fourth-order valence-electron chi connectivity index (χ4n) is 0.854. The molecule has 0 unspecified atom stereocenters. The average molecular weight is 178 g/mol. The first-order chi connectivity index (χ1) is 3.91. The van der Waals surface area contributed by atoms with Gasteiger partial charge in [0.1, 0.15) is 0 Å². The van der Waals surface area contributed by atoms with Crippen LogP contribution in [0.2, 0.25) is 0 Å². The number of rotatable bonds is 5. The molecule has 0 fully saturated rings. The monoisotopic (exact) mass is 178 g/mol. The molecule has 82 valence electrons. The van der Waals surface area contributed by atoms with Gasteiger partial charge in [0.25, 0.3) is 0 Å². The molecule has 0 heterocycles. The van der Waals surface area contributed by atoms with Crippen LogP contribution in [0.5, 0.6) is 0 Å². The zero-order chi connectivity index (χ0) is 6.24. The highest BCUT2D eigenvalue weighted by molar-refractivity contribution is 4.39. The third kappa shape index (κ3) is 32.4. The molecule has 0 N–H and O–H groups in total. The van der Waals surface area contributed by atoms with Crippen LogP contribution in [-0.4, -0.2) is 0 Å². The van der Waals surface area contributed by atoms with Crippen LogP contribution in [0.3, 0.4) is 0 Å². The van der Waals surface area contributed by atoms with Gasteiger partial charge in [-0.1, -0.05) is 82.1 Å². The Morgan fingerprint density at radius 3 is 0.917 bits per heavy atom. The van der Waals surface area contributed by atoms with Crippen molar-refractivity contribution >= 4 is 0 Å². The predicted molar refractivity (Wildman–Crippen MR) is 66.0 cm³/mol. The minimum atomic E-state index is 0. The van der Waals surface area contributed by atoms with E-state index < -0.39 is 0 Å². The number of hydrogen-bond acceptors (Lipinski definition) is 0. The topological polar surface area (TPSA) is 0 Å². The second kappa shape index (κ2) is 30.6. The van der Waals surface area contributed by atoms with E-state index >= 15 is 0 Å². The van der Waals surface area contributed by atoms with E-state index in [0.29, 0.717) is 0 Å². The van der Waals surface area contributed by atoms with Crippen LogP contribution in [0.15, 0.2) is 0 Å². The molecule has 0 saturated carbocycles. The van der Waals surface area contributed by atoms with Gasteiger partial charge in [0.2, 0.25) is 0 Å². The second-order valence-corrected chi connectivity index (χ2v) is 2.41. The molecule has 0 radical (unpaired) electrons. The van der Waals surface area contributed by atoms with E-state index in [1.165, 1.54) is 38.5 Å². The Hall–Kier alpha value is 0. The lowest BCUT2D eigenvalue weighted by atomic mass is 10.1. The maximum absolute atomic E-state index is 2.26. The van der Waals surface area contributed by atoms with Gasteiger partial charge in [0, 0.05) is 0 Å². The van der Waals surface area contributed by atoms with Gasteiger partial charge in [0.05, 0.1) is 0 Å². The summed E-state index contributed by atoms with van der Waals surface area (Å²) in [7, 11) is 0. The highest BCUT2D eigenvalue weighted by Gasteiger charge is 1.83. The van der Waals surface area contributed by atoms with Gasteiger partial charge in [-0.05, 0) is 0 Å². The van der Waals surface area contributed by atoms with Gasteiger partial charge in [-0.3, -0.25) is 0 Å². The highest BCUT2D eigenvalue weighted by Crippen LogP contribution is 2.03. The standard InChI is InChI=1S/C8H18.4CH4/c1-3-5-7-8-6-4-2;;;;/h3-8H2,1-2H3;4*1H4. The van der Waals surface area contributed by atoms with Crippen molar-refractivity contribution in [1.29, 1.82) is 0 Å². The molecule has 0 aromatic heterocycles. The Balaban J connectivity index is -0.0000000408. The molecule has 0 heteroatoms. The number of hydrogen-bond donors (Lipinski definition) is 0. The van der Waals surface area contributed by atoms with Crippen molar-refractivity contribution in [3.63, 3.8) is 0 Å². The third-order valence-corrected chi connectivity index (χ3v) is 1.46. The van der Waals surface area contributed by atoms with Gasteiger partial charge in [0.15, 0.2) is 0 Å². The fourth-order valence-corrected chi connectivity index (χ4v) is 0.854. The lowest BCUT2D eigenvalue weighted by Crippen LogP contribution is -1.73. The molecule has 0 aliphatic heterocycles. The highest BCUT2D eigenvalue weighted by atomic mass is 13.9. The van der Waals surface area contributed by atoms with Gasteiger partial charge >= 0.3 is 0 Å². The Labute approximate surface area is 82.8 Å². The summed E-state index contributed by atoms with van der Waals surface area (Å²) in [5.74, 6) is 0. The zero-order valence-corrected chi connectivity index (χ0v) is 6.24. The van der Waals surface area contributed by atoms with Crippen molar-refractivity contribution in [3.05, 3.63) is 0 Å². The van der Waals surface area contributed by atoms with Crippen LogP contribution in [-0.2, 0) is 0 Å². The molecule has 0 aliphatic carbocycles. The Bertz CT molecular complexity index is 25.0. The molecule has 0 bridgehead atoms. The predicted octanol–water partition coefficient (Wildman–Crippen LogP) is 5.91. The van der Waals surface area contributed by atoms with Crippen molar-refractivity contribution in [3.8, 4) is 0 Å². The van der Waals surface area contributed by atoms with Crippen LogP contribution >= 0.6 is 0 Å². The minimum absolute atomic E-state index is 0. The molecule has 0 rings (SSSR count). The zero-order valence-electron chi connectivity index (χ0n) is 6.24. The second-order valence-electron chi connectivity index (χ2n) is 2.41. The molecular formula is C12H34. The maximum Gasteiger partial charge on any atom is -0.0533 e. The summed E-state index contributed by atoms with van der Waals surface area (Å²) >= 11 is 0. The molecule has 12 heavy (non-hydrogen) atoms. The molecule has 0 aliphatic rings. The van der Waals surface area contributed by atoms with Gasteiger partial charge < -0.3 is 0 Å². The molecule has 0 atom stereocenters. The Morgan fingerprint density at radius 2 is 0.750 bits per heavy atom. The van der Waals surface area contributed by atoms with E-state index in [2.05, 4.69) is 13.8 Å². The van der Waals surface area contributed by atoms with Gasteiger partial charge in [-0.15, -0.1) is 0 Å².